The number of hydrogen-bond acceptors (Lipinski definition) is 5. The van der Waals surface area contributed by atoms with Gasteiger partial charge in [-0.2, -0.15) is 0 Å². The Balaban J connectivity index is 2.23. The fourth-order valence-corrected chi connectivity index (χ4v) is 3.14. The maximum absolute atomic E-state index is 12.2. The lowest BCUT2D eigenvalue weighted by atomic mass is 10.2. The average molecular weight is 281 g/mol. The fourth-order valence-electron chi connectivity index (χ4n) is 1.78. The molecular formula is C12H15N3O3S. The molecule has 0 saturated heterocycles. The van der Waals surface area contributed by atoms with E-state index in [2.05, 4.69) is 9.88 Å². The summed E-state index contributed by atoms with van der Waals surface area (Å²) in [5, 5.41) is 3.72. The van der Waals surface area contributed by atoms with Gasteiger partial charge in [0, 0.05) is 6.07 Å². The Kier molecular flexibility index (Phi) is 3.59. The van der Waals surface area contributed by atoms with Crippen molar-refractivity contribution in [3.63, 3.8) is 0 Å². The minimum atomic E-state index is -3.67. The van der Waals surface area contributed by atoms with Gasteiger partial charge >= 0.3 is 0 Å². The molecule has 0 bridgehead atoms. The highest BCUT2D eigenvalue weighted by Gasteiger charge is 2.20. The molecule has 0 aliphatic heterocycles. The van der Waals surface area contributed by atoms with Crippen molar-refractivity contribution in [1.29, 1.82) is 0 Å². The summed E-state index contributed by atoms with van der Waals surface area (Å²) in [6.07, 6.45) is 0. The molecule has 0 fully saturated rings. The molecule has 1 aromatic heterocycles. The van der Waals surface area contributed by atoms with Crippen molar-refractivity contribution in [1.82, 2.24) is 9.88 Å². The number of aryl methyl sites for hydroxylation is 2. The summed E-state index contributed by atoms with van der Waals surface area (Å²) < 4.78 is 31.7. The highest BCUT2D eigenvalue weighted by Crippen LogP contribution is 2.22. The van der Waals surface area contributed by atoms with Crippen LogP contribution in [0.25, 0.3) is 0 Å². The quantitative estimate of drug-likeness (QED) is 0.824. The van der Waals surface area contributed by atoms with E-state index in [1.807, 2.05) is 0 Å². The first-order chi connectivity index (χ1) is 8.90. The third-order valence-electron chi connectivity index (χ3n) is 2.63. The molecule has 0 spiro atoms. The van der Waals surface area contributed by atoms with Crippen LogP contribution in [0.2, 0.25) is 0 Å². The number of rotatable bonds is 4. The maximum Gasteiger partial charge on any atom is 0.243 e. The van der Waals surface area contributed by atoms with Crippen LogP contribution in [0.1, 0.15) is 17.0 Å². The van der Waals surface area contributed by atoms with E-state index < -0.39 is 10.0 Å². The van der Waals surface area contributed by atoms with Gasteiger partial charge in [0.05, 0.1) is 17.9 Å². The van der Waals surface area contributed by atoms with Crippen LogP contribution in [0.15, 0.2) is 33.7 Å². The van der Waals surface area contributed by atoms with Gasteiger partial charge in [0.25, 0.3) is 0 Å². The van der Waals surface area contributed by atoms with Crippen molar-refractivity contribution >= 4 is 15.7 Å². The zero-order valence-electron chi connectivity index (χ0n) is 10.7. The molecule has 2 aromatic rings. The lowest BCUT2D eigenvalue weighted by Gasteiger charge is -2.10. The zero-order chi connectivity index (χ0) is 14.0. The van der Waals surface area contributed by atoms with Crippen molar-refractivity contribution in [3.05, 3.63) is 41.3 Å². The highest BCUT2D eigenvalue weighted by atomic mass is 32.2. The average Bonchev–Trinajstić information content (AvgIpc) is 2.72. The Bertz CT molecular complexity index is 672. The number of nitrogens with one attached hydrogen (secondary N) is 1. The number of anilines is 1. The summed E-state index contributed by atoms with van der Waals surface area (Å²) in [7, 11) is -3.67. The van der Waals surface area contributed by atoms with Crippen LogP contribution < -0.4 is 10.5 Å². The second kappa shape index (κ2) is 5.02. The maximum atomic E-state index is 12.2. The van der Waals surface area contributed by atoms with Gasteiger partial charge in [0.2, 0.25) is 10.0 Å². The molecule has 1 heterocycles. The standard InChI is InChI=1S/C12H15N3O3S/c1-8-4-3-5-11(13)12(8)19(16,17)14-7-10-6-9(2)18-15-10/h3-6,14H,7,13H2,1-2H3. The van der Waals surface area contributed by atoms with Gasteiger partial charge in [-0.15, -0.1) is 0 Å². The first-order valence-electron chi connectivity index (χ1n) is 5.67. The third-order valence-corrected chi connectivity index (χ3v) is 4.25. The van der Waals surface area contributed by atoms with Crippen molar-refractivity contribution < 1.29 is 12.9 Å². The summed E-state index contributed by atoms with van der Waals surface area (Å²) in [4.78, 5) is 0.107. The molecular weight excluding hydrogens is 266 g/mol. The van der Waals surface area contributed by atoms with Gasteiger partial charge in [-0.1, -0.05) is 17.3 Å². The Hall–Kier alpha value is -1.86. The molecule has 0 radical (unpaired) electrons. The van der Waals surface area contributed by atoms with E-state index in [0.29, 0.717) is 17.0 Å². The molecule has 3 N–H and O–H groups in total. The molecule has 0 saturated carbocycles. The lowest BCUT2D eigenvalue weighted by Crippen LogP contribution is -2.25. The minimum Gasteiger partial charge on any atom is -0.398 e. The van der Waals surface area contributed by atoms with Crippen molar-refractivity contribution in [2.45, 2.75) is 25.3 Å². The smallest absolute Gasteiger partial charge is 0.243 e. The first-order valence-corrected chi connectivity index (χ1v) is 7.15. The summed E-state index contributed by atoms with van der Waals surface area (Å²) in [6, 6.07) is 6.64. The summed E-state index contributed by atoms with van der Waals surface area (Å²) in [5.74, 6) is 0.629. The van der Waals surface area contributed by atoms with Gasteiger partial charge in [0.15, 0.2) is 0 Å². The molecule has 0 aliphatic rings. The molecule has 1 aromatic carbocycles. The van der Waals surface area contributed by atoms with Crippen LogP contribution >= 0.6 is 0 Å². The highest BCUT2D eigenvalue weighted by molar-refractivity contribution is 7.89. The van der Waals surface area contributed by atoms with Crippen LogP contribution in [0.3, 0.4) is 0 Å². The van der Waals surface area contributed by atoms with Crippen LogP contribution in [-0.2, 0) is 16.6 Å². The van der Waals surface area contributed by atoms with E-state index in [4.69, 9.17) is 10.3 Å². The Morgan fingerprint density at radius 2 is 2.11 bits per heavy atom. The third kappa shape index (κ3) is 2.94. The number of nitrogen functional groups attached to an aromatic ring is 1. The molecule has 7 heteroatoms. The van der Waals surface area contributed by atoms with E-state index in [0.717, 1.165) is 0 Å². The Morgan fingerprint density at radius 1 is 1.37 bits per heavy atom. The second-order valence-electron chi connectivity index (χ2n) is 4.25. The van der Waals surface area contributed by atoms with E-state index >= 15 is 0 Å². The summed E-state index contributed by atoms with van der Waals surface area (Å²) in [6.45, 7) is 3.50. The predicted molar refractivity (Wildman–Crippen MR) is 70.9 cm³/mol. The van der Waals surface area contributed by atoms with E-state index in [1.165, 1.54) is 0 Å². The zero-order valence-corrected chi connectivity index (χ0v) is 11.5. The SMILES string of the molecule is Cc1cc(CNS(=O)(=O)c2c(C)cccc2N)no1. The number of sulfonamides is 1. The Morgan fingerprint density at radius 3 is 2.68 bits per heavy atom. The summed E-state index contributed by atoms with van der Waals surface area (Å²) >= 11 is 0. The van der Waals surface area contributed by atoms with Crippen LogP contribution in [0, 0.1) is 13.8 Å². The van der Waals surface area contributed by atoms with Crippen LogP contribution in [0.5, 0.6) is 0 Å². The van der Waals surface area contributed by atoms with Crippen molar-refractivity contribution in [3.8, 4) is 0 Å². The minimum absolute atomic E-state index is 0.0629. The van der Waals surface area contributed by atoms with Gasteiger partial charge in [-0.05, 0) is 25.5 Å². The molecule has 0 aliphatic carbocycles. The van der Waals surface area contributed by atoms with E-state index in [9.17, 15) is 8.42 Å². The van der Waals surface area contributed by atoms with Gasteiger partial charge in [0.1, 0.15) is 10.7 Å². The van der Waals surface area contributed by atoms with Gasteiger partial charge in [-0.3, -0.25) is 0 Å². The van der Waals surface area contributed by atoms with Gasteiger partial charge < -0.3 is 10.3 Å². The number of aromatic nitrogens is 1. The first kappa shape index (κ1) is 13.6. The van der Waals surface area contributed by atoms with Crippen LogP contribution in [-0.4, -0.2) is 13.6 Å². The molecule has 19 heavy (non-hydrogen) atoms. The monoisotopic (exact) mass is 281 g/mol. The van der Waals surface area contributed by atoms with E-state index in [-0.39, 0.29) is 17.1 Å². The molecule has 6 nitrogen and oxygen atoms in total. The normalized spacial score (nSPS) is 11.7. The number of hydrogen-bond donors (Lipinski definition) is 2. The second-order valence-corrected chi connectivity index (χ2v) is 5.95. The molecule has 102 valence electrons. The predicted octanol–water partition coefficient (Wildman–Crippen LogP) is 1.35. The summed E-state index contributed by atoms with van der Waals surface area (Å²) in [5.41, 5.74) is 7.08. The molecule has 0 unspecified atom stereocenters. The van der Waals surface area contributed by atoms with Crippen LogP contribution in [0.4, 0.5) is 5.69 Å². The van der Waals surface area contributed by atoms with Crippen molar-refractivity contribution in [2.75, 3.05) is 5.73 Å². The molecule has 2 rings (SSSR count). The number of nitrogens with two attached hydrogens (primary N) is 1. The lowest BCUT2D eigenvalue weighted by molar-refractivity contribution is 0.390. The molecule has 0 atom stereocenters. The largest absolute Gasteiger partial charge is 0.398 e. The Labute approximate surface area is 111 Å². The number of nitrogens with zero attached hydrogens (tertiary/aromatic N) is 1. The van der Waals surface area contributed by atoms with E-state index in [1.54, 1.807) is 38.1 Å². The number of benzene rings is 1. The fraction of sp³-hybridized carbons (Fsp3) is 0.250. The van der Waals surface area contributed by atoms with Gasteiger partial charge in [-0.25, -0.2) is 13.1 Å². The topological polar surface area (TPSA) is 98.2 Å². The molecule has 0 amide bonds. The van der Waals surface area contributed by atoms with Crippen molar-refractivity contribution in [2.24, 2.45) is 0 Å².